The number of likely N-dealkylation sites (tertiary alicyclic amines) is 1. The second-order valence-electron chi connectivity index (χ2n) is 5.16. The molecule has 0 bridgehead atoms. The molecule has 1 rings (SSSR count). The van der Waals surface area contributed by atoms with Gasteiger partial charge in [0, 0.05) is 19.5 Å². The first-order valence-corrected chi connectivity index (χ1v) is 6.46. The van der Waals surface area contributed by atoms with Gasteiger partial charge in [0.05, 0.1) is 0 Å². The van der Waals surface area contributed by atoms with Gasteiger partial charge in [-0.1, -0.05) is 13.3 Å². The van der Waals surface area contributed by atoms with Crippen LogP contribution in [0.4, 0.5) is 13.2 Å². The number of carbonyl (C=O) groups excluding carboxylic acids is 1. The molecule has 1 aliphatic rings. The summed E-state index contributed by atoms with van der Waals surface area (Å²) in [7, 11) is 0. The fourth-order valence-corrected chi connectivity index (χ4v) is 2.32. The largest absolute Gasteiger partial charge is 0.481 e. The van der Waals surface area contributed by atoms with Gasteiger partial charge in [-0.2, -0.15) is 13.2 Å². The Hall–Kier alpha value is -1.31. The first kappa shape index (κ1) is 16.7. The minimum absolute atomic E-state index is 0.0561. The highest BCUT2D eigenvalue weighted by Gasteiger charge is 2.64. The molecule has 8 heteroatoms. The molecule has 0 aromatic rings. The molecular weight excluding hydrogens is 277 g/mol. The molecule has 3 N–H and O–H groups in total. The molecule has 0 saturated carbocycles. The Morgan fingerprint density at radius 2 is 2.05 bits per heavy atom. The van der Waals surface area contributed by atoms with E-state index in [0.29, 0.717) is 6.42 Å². The van der Waals surface area contributed by atoms with Crippen molar-refractivity contribution in [1.29, 1.82) is 0 Å². The summed E-state index contributed by atoms with van der Waals surface area (Å²) in [6.07, 6.45) is -4.76. The Morgan fingerprint density at radius 1 is 1.45 bits per heavy atom. The number of carboxylic acid groups (broad SMARTS) is 1. The van der Waals surface area contributed by atoms with Crippen molar-refractivity contribution in [3.05, 3.63) is 0 Å². The number of hydrogen-bond acceptors (Lipinski definition) is 3. The molecule has 0 aliphatic carbocycles. The number of nitrogens with two attached hydrogens (primary N) is 1. The van der Waals surface area contributed by atoms with Crippen molar-refractivity contribution in [2.75, 3.05) is 19.6 Å². The molecule has 116 valence electrons. The first-order valence-electron chi connectivity index (χ1n) is 6.46. The smallest absolute Gasteiger partial charge is 0.406 e. The number of nitrogens with zero attached hydrogens (tertiary/aromatic N) is 1. The van der Waals surface area contributed by atoms with E-state index in [4.69, 9.17) is 10.8 Å². The normalized spacial score (nSPS) is 24.8. The maximum absolute atomic E-state index is 13.0. The minimum atomic E-state index is -4.87. The van der Waals surface area contributed by atoms with Gasteiger partial charge >= 0.3 is 12.1 Å². The number of halogens is 3. The van der Waals surface area contributed by atoms with Crippen LogP contribution in [-0.2, 0) is 9.59 Å². The SMILES string of the molecule is CCC(CN)CC(=O)N1CCC(C(=O)O)(C(F)(F)F)C1. The van der Waals surface area contributed by atoms with E-state index in [1.54, 1.807) is 0 Å². The lowest BCUT2D eigenvalue weighted by Crippen LogP contribution is -2.47. The van der Waals surface area contributed by atoms with Crippen molar-refractivity contribution in [2.45, 2.75) is 32.4 Å². The van der Waals surface area contributed by atoms with Crippen molar-refractivity contribution < 1.29 is 27.9 Å². The Labute approximate surface area is 114 Å². The number of carboxylic acids is 1. The summed E-state index contributed by atoms with van der Waals surface area (Å²) in [5.41, 5.74) is 2.62. The maximum atomic E-state index is 13.0. The van der Waals surface area contributed by atoms with E-state index in [9.17, 15) is 22.8 Å². The number of alkyl halides is 3. The third-order valence-electron chi connectivity index (χ3n) is 3.95. The Balaban J connectivity index is 2.79. The summed E-state index contributed by atoms with van der Waals surface area (Å²) in [6, 6.07) is 0. The molecule has 0 radical (unpaired) electrons. The predicted octanol–water partition coefficient (Wildman–Crippen LogP) is 1.23. The van der Waals surface area contributed by atoms with Crippen molar-refractivity contribution in [1.82, 2.24) is 4.90 Å². The Bertz CT molecular complexity index is 383. The van der Waals surface area contributed by atoms with Crippen LogP contribution in [0.5, 0.6) is 0 Å². The van der Waals surface area contributed by atoms with Crippen LogP contribution in [0.15, 0.2) is 0 Å². The van der Waals surface area contributed by atoms with Crippen molar-refractivity contribution in [3.8, 4) is 0 Å². The fourth-order valence-electron chi connectivity index (χ4n) is 2.32. The molecule has 1 aliphatic heterocycles. The summed E-state index contributed by atoms with van der Waals surface area (Å²) in [4.78, 5) is 23.9. The molecule has 2 unspecified atom stereocenters. The Morgan fingerprint density at radius 3 is 2.40 bits per heavy atom. The molecule has 20 heavy (non-hydrogen) atoms. The van der Waals surface area contributed by atoms with Crippen LogP contribution in [0.3, 0.4) is 0 Å². The van der Waals surface area contributed by atoms with E-state index in [2.05, 4.69) is 0 Å². The van der Waals surface area contributed by atoms with E-state index >= 15 is 0 Å². The van der Waals surface area contributed by atoms with E-state index in [1.165, 1.54) is 0 Å². The van der Waals surface area contributed by atoms with E-state index in [-0.39, 0.29) is 25.4 Å². The standard InChI is InChI=1S/C12H19F3N2O3/c1-2-8(6-16)5-9(18)17-4-3-11(7-17,10(19)20)12(13,14)15/h8H,2-7,16H2,1H3,(H,19,20). The number of aliphatic carboxylic acids is 1. The van der Waals surface area contributed by atoms with Crippen LogP contribution in [-0.4, -0.2) is 47.7 Å². The summed E-state index contributed by atoms with van der Waals surface area (Å²) < 4.78 is 38.9. The maximum Gasteiger partial charge on any atom is 0.406 e. The number of amides is 1. The molecule has 5 nitrogen and oxygen atoms in total. The molecule has 1 amide bonds. The van der Waals surface area contributed by atoms with E-state index in [0.717, 1.165) is 4.90 Å². The molecule has 1 heterocycles. The van der Waals surface area contributed by atoms with Crippen LogP contribution in [0.25, 0.3) is 0 Å². The molecular formula is C12H19F3N2O3. The molecule has 0 aromatic heterocycles. The number of rotatable bonds is 5. The van der Waals surface area contributed by atoms with Gasteiger partial charge in [0.1, 0.15) is 0 Å². The number of hydrogen-bond donors (Lipinski definition) is 2. The summed E-state index contributed by atoms with van der Waals surface area (Å²) in [6.45, 7) is 1.11. The van der Waals surface area contributed by atoms with Crippen LogP contribution in [0, 0.1) is 11.3 Å². The lowest BCUT2D eigenvalue weighted by Gasteiger charge is -2.27. The van der Waals surface area contributed by atoms with Gasteiger partial charge in [-0.15, -0.1) is 0 Å². The second-order valence-corrected chi connectivity index (χ2v) is 5.16. The van der Waals surface area contributed by atoms with Crippen LogP contribution in [0.2, 0.25) is 0 Å². The average molecular weight is 296 g/mol. The summed E-state index contributed by atoms with van der Waals surface area (Å²) >= 11 is 0. The van der Waals surface area contributed by atoms with Crippen molar-refractivity contribution in [2.24, 2.45) is 17.1 Å². The van der Waals surface area contributed by atoms with Gasteiger partial charge in [-0.3, -0.25) is 9.59 Å². The molecule has 0 spiro atoms. The quantitative estimate of drug-likeness (QED) is 0.799. The van der Waals surface area contributed by atoms with Crippen molar-refractivity contribution >= 4 is 11.9 Å². The summed E-state index contributed by atoms with van der Waals surface area (Å²) in [5, 5.41) is 8.90. The van der Waals surface area contributed by atoms with E-state index < -0.39 is 36.4 Å². The molecule has 2 atom stereocenters. The van der Waals surface area contributed by atoms with Crippen molar-refractivity contribution in [3.63, 3.8) is 0 Å². The second kappa shape index (κ2) is 5.99. The zero-order valence-electron chi connectivity index (χ0n) is 11.2. The third-order valence-corrected chi connectivity index (χ3v) is 3.95. The molecule has 0 aromatic carbocycles. The highest BCUT2D eigenvalue weighted by atomic mass is 19.4. The number of carbonyl (C=O) groups is 2. The van der Waals surface area contributed by atoms with Gasteiger partial charge in [-0.25, -0.2) is 0 Å². The van der Waals surface area contributed by atoms with Crippen LogP contribution in [0.1, 0.15) is 26.2 Å². The zero-order chi connectivity index (χ0) is 15.6. The van der Waals surface area contributed by atoms with Gasteiger partial charge < -0.3 is 15.7 Å². The average Bonchev–Trinajstić information content (AvgIpc) is 2.81. The lowest BCUT2D eigenvalue weighted by atomic mass is 9.86. The highest BCUT2D eigenvalue weighted by Crippen LogP contribution is 2.45. The lowest BCUT2D eigenvalue weighted by molar-refractivity contribution is -0.227. The summed E-state index contributed by atoms with van der Waals surface area (Å²) in [5.74, 6) is -2.48. The topological polar surface area (TPSA) is 83.6 Å². The minimum Gasteiger partial charge on any atom is -0.481 e. The highest BCUT2D eigenvalue weighted by molar-refractivity contribution is 5.81. The third kappa shape index (κ3) is 3.05. The van der Waals surface area contributed by atoms with Gasteiger partial charge in [0.2, 0.25) is 5.91 Å². The molecule has 1 saturated heterocycles. The van der Waals surface area contributed by atoms with Crippen LogP contribution < -0.4 is 5.73 Å². The predicted molar refractivity (Wildman–Crippen MR) is 64.8 cm³/mol. The van der Waals surface area contributed by atoms with E-state index in [1.807, 2.05) is 6.92 Å². The fraction of sp³-hybridized carbons (Fsp3) is 0.833. The first-order chi connectivity index (χ1) is 9.17. The van der Waals surface area contributed by atoms with Gasteiger partial charge in [0.25, 0.3) is 0 Å². The van der Waals surface area contributed by atoms with Gasteiger partial charge in [0.15, 0.2) is 5.41 Å². The van der Waals surface area contributed by atoms with Gasteiger partial charge in [-0.05, 0) is 18.9 Å². The monoisotopic (exact) mass is 296 g/mol. The zero-order valence-corrected chi connectivity index (χ0v) is 11.2. The molecule has 1 fully saturated rings. The Kier molecular flexibility index (Phi) is 5.01. The van der Waals surface area contributed by atoms with Crippen LogP contribution >= 0.6 is 0 Å².